The lowest BCUT2D eigenvalue weighted by molar-refractivity contribution is -0.0470. The molecule has 3 rings (SSSR count). The molecule has 28 heavy (non-hydrogen) atoms. The fraction of sp³-hybridized carbons (Fsp3) is 0.158. The average molecular weight is 399 g/mol. The predicted molar refractivity (Wildman–Crippen MR) is 100 cm³/mol. The summed E-state index contributed by atoms with van der Waals surface area (Å²) in [6, 6.07) is 12.1. The van der Waals surface area contributed by atoms with Gasteiger partial charge >= 0.3 is 0 Å². The van der Waals surface area contributed by atoms with Gasteiger partial charge in [0.15, 0.2) is 15.5 Å². The summed E-state index contributed by atoms with van der Waals surface area (Å²) < 4.78 is 30.1. The van der Waals surface area contributed by atoms with E-state index < -0.39 is 16.1 Å². The zero-order valence-corrected chi connectivity index (χ0v) is 15.9. The van der Waals surface area contributed by atoms with Crippen molar-refractivity contribution in [1.29, 1.82) is 0 Å². The molecular weight excluding hydrogens is 382 g/mol. The Morgan fingerprint density at radius 1 is 1.14 bits per heavy atom. The minimum Gasteiger partial charge on any atom is -0.437 e. The van der Waals surface area contributed by atoms with E-state index in [9.17, 15) is 18.6 Å². The number of sulfone groups is 1. The van der Waals surface area contributed by atoms with Gasteiger partial charge in [-0.2, -0.15) is 0 Å². The largest absolute Gasteiger partial charge is 0.437 e. The minimum absolute atomic E-state index is 0.0662. The van der Waals surface area contributed by atoms with Gasteiger partial charge in [0.2, 0.25) is 12.2 Å². The monoisotopic (exact) mass is 399 g/mol. The molecule has 0 unspecified atom stereocenters. The van der Waals surface area contributed by atoms with Gasteiger partial charge in [-0.05, 0) is 36.8 Å². The van der Waals surface area contributed by atoms with Crippen LogP contribution in [0.4, 0.5) is 0 Å². The molecule has 3 N–H and O–H groups in total. The number of hydrogen-bond donors (Lipinski definition) is 3. The Bertz CT molecular complexity index is 1160. The van der Waals surface area contributed by atoms with E-state index in [1.54, 1.807) is 6.92 Å². The molecule has 0 amide bonds. The van der Waals surface area contributed by atoms with Crippen molar-refractivity contribution in [3.05, 3.63) is 64.8 Å². The average Bonchev–Trinajstić information content (AvgIpc) is 3.07. The van der Waals surface area contributed by atoms with E-state index in [0.717, 1.165) is 11.8 Å². The lowest BCUT2D eigenvalue weighted by Gasteiger charge is -2.11. The minimum atomic E-state index is -3.54. The van der Waals surface area contributed by atoms with E-state index in [1.807, 2.05) is 30.3 Å². The molecule has 0 atom stereocenters. The number of hydrogen-bond acceptors (Lipinski definition) is 7. The van der Waals surface area contributed by atoms with Gasteiger partial charge in [0.1, 0.15) is 5.75 Å². The Morgan fingerprint density at radius 3 is 2.50 bits per heavy atom. The van der Waals surface area contributed by atoms with Crippen LogP contribution in [0, 0.1) is 18.8 Å². The third kappa shape index (κ3) is 4.37. The molecule has 0 bridgehead atoms. The highest BCUT2D eigenvalue weighted by atomic mass is 32.2. The van der Waals surface area contributed by atoms with Crippen LogP contribution in [0.5, 0.6) is 11.6 Å². The SMILES string of the molecule is Cc1cc(Oc2[nH]nnc2C(O)O)cc(C#Cc2ccccc2)c1S(C)(=O)=O. The van der Waals surface area contributed by atoms with Gasteiger partial charge in [-0.3, -0.25) is 0 Å². The lowest BCUT2D eigenvalue weighted by Crippen LogP contribution is -2.05. The molecule has 144 valence electrons. The highest BCUT2D eigenvalue weighted by Crippen LogP contribution is 2.30. The number of H-pyrrole nitrogens is 1. The van der Waals surface area contributed by atoms with Crippen molar-refractivity contribution in [2.24, 2.45) is 0 Å². The first-order valence-corrected chi connectivity index (χ1v) is 10.0. The first-order valence-electron chi connectivity index (χ1n) is 8.12. The summed E-state index contributed by atoms with van der Waals surface area (Å²) in [5.74, 6) is 6.00. The van der Waals surface area contributed by atoms with Crippen molar-refractivity contribution in [2.45, 2.75) is 18.1 Å². The normalized spacial score (nSPS) is 11.2. The predicted octanol–water partition coefficient (Wildman–Crippen LogP) is 1.69. The topological polar surface area (TPSA) is 125 Å². The number of aromatic nitrogens is 3. The Morgan fingerprint density at radius 2 is 1.86 bits per heavy atom. The zero-order valence-electron chi connectivity index (χ0n) is 15.0. The van der Waals surface area contributed by atoms with Crippen LogP contribution < -0.4 is 4.74 Å². The van der Waals surface area contributed by atoms with Gasteiger partial charge < -0.3 is 14.9 Å². The van der Waals surface area contributed by atoms with Crippen LogP contribution in [0.2, 0.25) is 0 Å². The van der Waals surface area contributed by atoms with Crippen molar-refractivity contribution in [1.82, 2.24) is 15.4 Å². The molecule has 9 heteroatoms. The second-order valence-corrected chi connectivity index (χ2v) is 7.96. The summed E-state index contributed by atoms with van der Waals surface area (Å²) >= 11 is 0. The van der Waals surface area contributed by atoms with Crippen LogP contribution in [-0.4, -0.2) is 40.3 Å². The number of nitrogens with zero attached hydrogens (tertiary/aromatic N) is 2. The Balaban J connectivity index is 2.08. The summed E-state index contributed by atoms with van der Waals surface area (Å²) in [5, 5.41) is 28.0. The second kappa shape index (κ2) is 7.82. The van der Waals surface area contributed by atoms with E-state index in [0.29, 0.717) is 5.56 Å². The van der Waals surface area contributed by atoms with E-state index >= 15 is 0 Å². The fourth-order valence-electron chi connectivity index (χ4n) is 2.63. The Labute approximate surface area is 161 Å². The third-order valence-electron chi connectivity index (χ3n) is 3.74. The van der Waals surface area contributed by atoms with Crippen LogP contribution in [0.25, 0.3) is 0 Å². The van der Waals surface area contributed by atoms with E-state index in [2.05, 4.69) is 27.3 Å². The second-order valence-electron chi connectivity index (χ2n) is 6.01. The van der Waals surface area contributed by atoms with Crippen LogP contribution in [0.3, 0.4) is 0 Å². The summed E-state index contributed by atoms with van der Waals surface area (Å²) in [6.07, 6.45) is -0.759. The molecule has 1 aromatic heterocycles. The molecule has 0 spiro atoms. The Hall–Kier alpha value is -3.19. The molecule has 0 aliphatic carbocycles. The molecule has 0 saturated heterocycles. The molecule has 0 aliphatic heterocycles. The van der Waals surface area contributed by atoms with Gasteiger partial charge in [0.25, 0.3) is 0 Å². The highest BCUT2D eigenvalue weighted by molar-refractivity contribution is 7.90. The van der Waals surface area contributed by atoms with Gasteiger partial charge in [0, 0.05) is 17.4 Å². The molecule has 0 saturated carbocycles. The van der Waals surface area contributed by atoms with Gasteiger partial charge in [-0.25, -0.2) is 13.5 Å². The number of ether oxygens (including phenoxy) is 1. The molecular formula is C19H17N3O5S. The van der Waals surface area contributed by atoms with Crippen LogP contribution in [-0.2, 0) is 9.84 Å². The van der Waals surface area contributed by atoms with Crippen LogP contribution in [0.1, 0.15) is 28.7 Å². The van der Waals surface area contributed by atoms with E-state index in [4.69, 9.17) is 4.74 Å². The third-order valence-corrected chi connectivity index (χ3v) is 5.02. The number of benzene rings is 2. The molecule has 0 fully saturated rings. The molecule has 3 aromatic rings. The lowest BCUT2D eigenvalue weighted by atomic mass is 10.1. The van der Waals surface area contributed by atoms with Crippen molar-refractivity contribution < 1.29 is 23.4 Å². The van der Waals surface area contributed by atoms with E-state index in [1.165, 1.54) is 12.1 Å². The van der Waals surface area contributed by atoms with Crippen molar-refractivity contribution >= 4 is 9.84 Å². The van der Waals surface area contributed by atoms with Gasteiger partial charge in [-0.1, -0.05) is 35.3 Å². The van der Waals surface area contributed by atoms with Crippen molar-refractivity contribution in [3.8, 4) is 23.5 Å². The fourth-order valence-corrected chi connectivity index (χ4v) is 3.79. The van der Waals surface area contributed by atoms with Crippen molar-refractivity contribution in [3.63, 3.8) is 0 Å². The summed E-state index contributed by atoms with van der Waals surface area (Å²) in [4.78, 5) is 0.105. The summed E-state index contributed by atoms with van der Waals surface area (Å²) in [7, 11) is -3.54. The number of aromatic amines is 1. The smallest absolute Gasteiger partial charge is 0.244 e. The maximum absolute atomic E-state index is 12.3. The van der Waals surface area contributed by atoms with Crippen molar-refractivity contribution in [2.75, 3.05) is 6.26 Å². The molecule has 8 nitrogen and oxygen atoms in total. The van der Waals surface area contributed by atoms with E-state index in [-0.39, 0.29) is 27.8 Å². The number of aryl methyl sites for hydroxylation is 1. The zero-order chi connectivity index (χ0) is 20.3. The van der Waals surface area contributed by atoms with Crippen LogP contribution in [0.15, 0.2) is 47.4 Å². The maximum atomic E-state index is 12.3. The molecule has 0 radical (unpaired) electrons. The first kappa shape index (κ1) is 19.6. The summed E-state index contributed by atoms with van der Waals surface area (Å²) in [6.45, 7) is 1.63. The van der Waals surface area contributed by atoms with Gasteiger partial charge in [0.05, 0.1) is 4.90 Å². The number of rotatable bonds is 4. The van der Waals surface area contributed by atoms with Gasteiger partial charge in [-0.15, -0.1) is 5.10 Å². The standard InChI is InChI=1S/C19H17N3O5S/c1-12-10-15(27-18-16(19(23)24)20-22-21-18)11-14(17(12)28(2,25)26)9-8-13-6-4-3-5-7-13/h3-7,10-11,19,23-24H,1-2H3,(H,20,21,22). The maximum Gasteiger partial charge on any atom is 0.244 e. The number of aliphatic hydroxyl groups is 2. The molecule has 1 heterocycles. The quantitative estimate of drug-likeness (QED) is 0.450. The highest BCUT2D eigenvalue weighted by Gasteiger charge is 2.20. The number of nitrogens with one attached hydrogen (secondary N) is 1. The number of aliphatic hydroxyl groups excluding tert-OH is 1. The first-order chi connectivity index (χ1) is 13.3. The molecule has 2 aromatic carbocycles. The molecule has 0 aliphatic rings. The Kier molecular flexibility index (Phi) is 5.46. The summed E-state index contributed by atoms with van der Waals surface area (Å²) in [5.41, 5.74) is 1.24. The van der Waals surface area contributed by atoms with Crippen LogP contribution >= 0.6 is 0 Å².